The minimum atomic E-state index is -0.473. The molecule has 3 aromatic heterocycles. The smallest absolute Gasteiger partial charge is 0.273 e. The van der Waals surface area contributed by atoms with Crippen molar-refractivity contribution < 1.29 is 19.0 Å². The Labute approximate surface area is 191 Å². The second kappa shape index (κ2) is 9.20. The summed E-state index contributed by atoms with van der Waals surface area (Å²) < 4.78 is 10.6. The number of ether oxygens (including phenoxy) is 1. The number of rotatable bonds is 4. The van der Waals surface area contributed by atoms with E-state index in [1.165, 1.54) is 31.4 Å². The lowest BCUT2D eigenvalue weighted by atomic mass is 10.0. The molecule has 0 saturated carbocycles. The van der Waals surface area contributed by atoms with Crippen LogP contribution in [0, 0.1) is 20.2 Å². The predicted molar refractivity (Wildman–Crippen MR) is 125 cm³/mol. The minimum absolute atomic E-state index is 0.0200. The number of hydrogen-bond acceptors (Lipinski definition) is 9. The van der Waals surface area contributed by atoms with E-state index in [-0.39, 0.29) is 11.4 Å². The van der Waals surface area contributed by atoms with Gasteiger partial charge in [-0.05, 0) is 36.4 Å². The van der Waals surface area contributed by atoms with E-state index in [0.29, 0.717) is 34.0 Å². The number of nitrogen functional groups attached to an aromatic ring is 1. The van der Waals surface area contributed by atoms with E-state index in [2.05, 4.69) is 9.97 Å². The van der Waals surface area contributed by atoms with Crippen molar-refractivity contribution in [2.45, 2.75) is 0 Å². The van der Waals surface area contributed by atoms with Gasteiger partial charge < -0.3 is 14.9 Å². The number of anilines is 1. The summed E-state index contributed by atoms with van der Waals surface area (Å²) in [6.45, 7) is 0. The lowest BCUT2D eigenvalue weighted by Gasteiger charge is -2.09. The van der Waals surface area contributed by atoms with Gasteiger partial charge in [0.15, 0.2) is 0 Å². The van der Waals surface area contributed by atoms with Gasteiger partial charge in [0, 0.05) is 46.4 Å². The third-order valence-corrected chi connectivity index (χ3v) is 4.97. The first-order valence-corrected chi connectivity index (χ1v) is 9.84. The van der Waals surface area contributed by atoms with Crippen LogP contribution in [-0.2, 0) is 0 Å². The maximum atomic E-state index is 10.7. The number of aromatic nitrogens is 2. The van der Waals surface area contributed by atoms with E-state index in [0.717, 1.165) is 10.8 Å². The Balaban J connectivity index is 0.000000162. The van der Waals surface area contributed by atoms with E-state index in [4.69, 9.17) is 14.9 Å². The van der Waals surface area contributed by atoms with Crippen molar-refractivity contribution in [2.75, 3.05) is 12.8 Å². The number of nitrogens with zero attached hydrogens (tertiary/aromatic N) is 4. The van der Waals surface area contributed by atoms with Crippen LogP contribution in [0.2, 0.25) is 0 Å². The summed E-state index contributed by atoms with van der Waals surface area (Å²) in [5.74, 6) is 0.744. The number of nitrogens with two attached hydrogens (primary N) is 1. The first-order valence-electron chi connectivity index (χ1n) is 9.84. The normalized spacial score (nSPS) is 10.5. The molecule has 0 aliphatic carbocycles. The van der Waals surface area contributed by atoms with Crippen LogP contribution >= 0.6 is 0 Å². The van der Waals surface area contributed by atoms with Crippen molar-refractivity contribution >= 4 is 39.3 Å². The fraction of sp³-hybridized carbons (Fsp3) is 0.0435. The Bertz CT molecular complexity index is 1530. The molecule has 0 unspecified atom stereocenters. The quantitative estimate of drug-likeness (QED) is 0.283. The summed E-state index contributed by atoms with van der Waals surface area (Å²) in [6, 6.07) is 16.1. The average molecular weight is 459 g/mol. The molecule has 0 aliphatic rings. The van der Waals surface area contributed by atoms with Crippen LogP contribution in [0.15, 0.2) is 77.5 Å². The van der Waals surface area contributed by atoms with E-state index in [9.17, 15) is 20.2 Å². The fourth-order valence-electron chi connectivity index (χ4n) is 3.37. The molecule has 0 atom stereocenters. The third-order valence-electron chi connectivity index (χ3n) is 4.97. The zero-order chi connectivity index (χ0) is 24.2. The molecule has 11 nitrogen and oxygen atoms in total. The number of nitro groups is 2. The average Bonchev–Trinajstić information content (AvgIpc) is 3.22. The summed E-state index contributed by atoms with van der Waals surface area (Å²) in [4.78, 5) is 28.4. The highest BCUT2D eigenvalue weighted by Gasteiger charge is 2.15. The molecule has 5 aromatic rings. The molecule has 0 aliphatic heterocycles. The molecule has 0 fully saturated rings. The van der Waals surface area contributed by atoms with Gasteiger partial charge in [0.05, 0.1) is 29.1 Å². The van der Waals surface area contributed by atoms with Gasteiger partial charge in [0.2, 0.25) is 5.71 Å². The maximum absolute atomic E-state index is 10.7. The van der Waals surface area contributed by atoms with Gasteiger partial charge in [-0.3, -0.25) is 20.2 Å². The number of hydrogen-bond donors (Lipinski definition) is 1. The number of pyridine rings is 2. The highest BCUT2D eigenvalue weighted by molar-refractivity contribution is 6.03. The Morgan fingerprint density at radius 3 is 2.24 bits per heavy atom. The summed E-state index contributed by atoms with van der Waals surface area (Å²) in [5, 5.41) is 23.0. The van der Waals surface area contributed by atoms with Gasteiger partial charge in [-0.2, -0.15) is 0 Å². The van der Waals surface area contributed by atoms with Crippen molar-refractivity contribution in [3.63, 3.8) is 0 Å². The van der Waals surface area contributed by atoms with Gasteiger partial charge in [-0.15, -0.1) is 0 Å². The molecule has 3 heterocycles. The van der Waals surface area contributed by atoms with Gasteiger partial charge in [0.1, 0.15) is 17.2 Å². The van der Waals surface area contributed by atoms with Crippen molar-refractivity contribution in [3.8, 4) is 16.9 Å². The van der Waals surface area contributed by atoms with Gasteiger partial charge >= 0.3 is 0 Å². The van der Waals surface area contributed by atoms with Crippen LogP contribution in [0.25, 0.3) is 33.2 Å². The van der Waals surface area contributed by atoms with Crippen molar-refractivity contribution in [1.82, 2.24) is 9.97 Å². The topological polar surface area (TPSA) is 160 Å². The Morgan fingerprint density at radius 2 is 1.53 bits per heavy atom. The van der Waals surface area contributed by atoms with E-state index >= 15 is 0 Å². The molecule has 0 radical (unpaired) electrons. The second-order valence-electron chi connectivity index (χ2n) is 6.97. The zero-order valence-electron chi connectivity index (χ0n) is 17.7. The Hall–Kier alpha value is -5.06. The standard InChI is InChI=1S/C12H11N3O3.C11H6N2O3/c1-18-11-7-8(15(16)17)4-5-9(11)10-3-2-6-14-12(10)13;14-13(15)7-3-4-8-9-2-1-5-12-11(9)16-10(8)6-7/h2-7H,1H3,(H2,13,14);1-6H. The minimum Gasteiger partial charge on any atom is -0.496 e. The van der Waals surface area contributed by atoms with E-state index in [1.54, 1.807) is 42.7 Å². The number of nitro benzene ring substituents is 2. The molecule has 2 aromatic carbocycles. The predicted octanol–water partition coefficient (Wildman–Crippen LogP) is 5.14. The fourth-order valence-corrected chi connectivity index (χ4v) is 3.37. The zero-order valence-corrected chi connectivity index (χ0v) is 17.7. The molecule has 2 N–H and O–H groups in total. The van der Waals surface area contributed by atoms with Crippen LogP contribution in [-0.4, -0.2) is 26.9 Å². The summed E-state index contributed by atoms with van der Waals surface area (Å²) in [5.41, 5.74) is 8.11. The van der Waals surface area contributed by atoms with Crippen molar-refractivity contribution in [1.29, 1.82) is 0 Å². The van der Waals surface area contributed by atoms with Gasteiger partial charge in [0.25, 0.3) is 11.4 Å². The first kappa shape index (κ1) is 22.1. The molecule has 11 heteroatoms. The van der Waals surface area contributed by atoms with Crippen LogP contribution in [0.4, 0.5) is 17.2 Å². The highest BCUT2D eigenvalue weighted by atomic mass is 16.6. The second-order valence-corrected chi connectivity index (χ2v) is 6.97. The molecule has 170 valence electrons. The molecule has 0 saturated heterocycles. The first-order chi connectivity index (χ1) is 16.4. The molecule has 0 bridgehead atoms. The van der Waals surface area contributed by atoms with E-state index in [1.807, 2.05) is 6.07 Å². The molecule has 0 spiro atoms. The molecule has 0 amide bonds. The molecule has 5 rings (SSSR count). The van der Waals surface area contributed by atoms with Gasteiger partial charge in [-0.25, -0.2) is 9.97 Å². The monoisotopic (exact) mass is 459 g/mol. The molecular formula is C23H17N5O6. The van der Waals surface area contributed by atoms with Crippen LogP contribution in [0.5, 0.6) is 5.75 Å². The number of fused-ring (bicyclic) bond motifs is 3. The van der Waals surface area contributed by atoms with Crippen LogP contribution in [0.3, 0.4) is 0 Å². The number of non-ortho nitro benzene ring substituents is 2. The molecular weight excluding hydrogens is 442 g/mol. The van der Waals surface area contributed by atoms with Crippen molar-refractivity contribution in [3.05, 3.63) is 93.3 Å². The summed E-state index contributed by atoms with van der Waals surface area (Å²) in [6.07, 6.45) is 3.20. The summed E-state index contributed by atoms with van der Waals surface area (Å²) in [7, 11) is 1.45. The third kappa shape index (κ3) is 4.30. The number of methoxy groups -OCH3 is 1. The lowest BCUT2D eigenvalue weighted by Crippen LogP contribution is -1.96. The summed E-state index contributed by atoms with van der Waals surface area (Å²) >= 11 is 0. The van der Waals surface area contributed by atoms with Crippen LogP contribution < -0.4 is 10.5 Å². The highest BCUT2D eigenvalue weighted by Crippen LogP contribution is 2.35. The maximum Gasteiger partial charge on any atom is 0.273 e. The number of furan rings is 1. The number of benzene rings is 2. The Kier molecular flexibility index (Phi) is 5.99. The molecule has 34 heavy (non-hydrogen) atoms. The largest absolute Gasteiger partial charge is 0.496 e. The van der Waals surface area contributed by atoms with E-state index < -0.39 is 9.85 Å². The Morgan fingerprint density at radius 1 is 0.853 bits per heavy atom. The lowest BCUT2D eigenvalue weighted by molar-refractivity contribution is -0.385. The van der Waals surface area contributed by atoms with Gasteiger partial charge in [-0.1, -0.05) is 0 Å². The van der Waals surface area contributed by atoms with Crippen molar-refractivity contribution in [2.24, 2.45) is 0 Å². The SMILES string of the molecule is COc1cc([N+](=O)[O-])ccc1-c1cccnc1N.O=[N+]([O-])c1ccc2c(c1)oc1ncccc12. The van der Waals surface area contributed by atoms with Crippen LogP contribution in [0.1, 0.15) is 0 Å².